The second-order valence-electron chi connectivity index (χ2n) is 6.14. The zero-order chi connectivity index (χ0) is 18.4. The Morgan fingerprint density at radius 2 is 1.62 bits per heavy atom. The molecule has 0 amide bonds. The van der Waals surface area contributed by atoms with Crippen LogP contribution in [0.25, 0.3) is 0 Å². The molecule has 0 saturated heterocycles. The molecule has 0 heterocycles. The fourth-order valence-electron chi connectivity index (χ4n) is 2.65. The molecule has 0 unspecified atom stereocenters. The van der Waals surface area contributed by atoms with Crippen LogP contribution in [0.1, 0.15) is 22.3 Å². The van der Waals surface area contributed by atoms with Crippen LogP contribution >= 0.6 is 24.0 Å². The number of aryl methyl sites for hydroxylation is 2. The molecule has 2 N–H and O–H groups in total. The molecule has 0 bridgehead atoms. The average molecular weight is 487 g/mol. The first-order valence-electron chi connectivity index (χ1n) is 8.09. The zero-order valence-corrected chi connectivity index (χ0v) is 18.7. The standard InChI is InChI=1S/C19H25N3O2S.HI/c1-14-6-5-7-16(10-14)12-21-19(20-3)22-13-17-8-9-18(15(2)11-17)25(4,23)24;/h5-11H,12-13H2,1-4H3,(H2,20,21,22);1H. The van der Waals surface area contributed by atoms with E-state index in [9.17, 15) is 8.42 Å². The van der Waals surface area contributed by atoms with Gasteiger partial charge >= 0.3 is 0 Å². The van der Waals surface area contributed by atoms with E-state index in [-0.39, 0.29) is 24.0 Å². The van der Waals surface area contributed by atoms with Gasteiger partial charge in [-0.25, -0.2) is 8.42 Å². The molecule has 0 aromatic heterocycles. The molecule has 0 atom stereocenters. The fourth-order valence-corrected chi connectivity index (χ4v) is 3.61. The summed E-state index contributed by atoms with van der Waals surface area (Å²) in [5.41, 5.74) is 4.17. The molecule has 142 valence electrons. The summed E-state index contributed by atoms with van der Waals surface area (Å²) in [4.78, 5) is 4.59. The minimum Gasteiger partial charge on any atom is -0.352 e. The molecule has 26 heavy (non-hydrogen) atoms. The summed E-state index contributed by atoms with van der Waals surface area (Å²) in [5.74, 6) is 0.700. The average Bonchev–Trinajstić information content (AvgIpc) is 2.54. The number of sulfone groups is 1. The third-order valence-corrected chi connectivity index (χ3v) is 5.12. The minimum absolute atomic E-state index is 0. The van der Waals surface area contributed by atoms with Gasteiger partial charge in [0.1, 0.15) is 0 Å². The van der Waals surface area contributed by atoms with Crippen molar-refractivity contribution in [2.75, 3.05) is 13.3 Å². The van der Waals surface area contributed by atoms with Crippen LogP contribution in [0.3, 0.4) is 0 Å². The second-order valence-corrected chi connectivity index (χ2v) is 8.12. The Labute approximate surface area is 173 Å². The number of benzene rings is 2. The van der Waals surface area contributed by atoms with Crippen LogP contribution in [-0.4, -0.2) is 27.7 Å². The number of nitrogens with zero attached hydrogens (tertiary/aromatic N) is 1. The van der Waals surface area contributed by atoms with E-state index in [4.69, 9.17) is 0 Å². The molecule has 0 fully saturated rings. The van der Waals surface area contributed by atoms with Crippen LogP contribution in [0.5, 0.6) is 0 Å². The summed E-state index contributed by atoms with van der Waals surface area (Å²) < 4.78 is 23.4. The van der Waals surface area contributed by atoms with Crippen LogP contribution in [-0.2, 0) is 22.9 Å². The predicted octanol–water partition coefficient (Wildman–Crippen LogP) is 3.19. The normalized spacial score (nSPS) is 11.6. The fraction of sp³-hybridized carbons (Fsp3) is 0.316. The Kier molecular flexibility index (Phi) is 8.55. The number of nitrogens with one attached hydrogen (secondary N) is 2. The van der Waals surface area contributed by atoms with Crippen LogP contribution < -0.4 is 10.6 Å². The molecule has 0 aliphatic rings. The van der Waals surface area contributed by atoms with Crippen LogP contribution in [0.15, 0.2) is 52.4 Å². The summed E-state index contributed by atoms with van der Waals surface area (Å²) in [5, 5.41) is 6.52. The number of guanidine groups is 1. The van der Waals surface area contributed by atoms with Gasteiger partial charge in [-0.2, -0.15) is 0 Å². The lowest BCUT2D eigenvalue weighted by Crippen LogP contribution is -2.36. The van der Waals surface area contributed by atoms with Gasteiger partial charge in [-0.3, -0.25) is 4.99 Å². The van der Waals surface area contributed by atoms with Crippen molar-refractivity contribution in [3.63, 3.8) is 0 Å². The van der Waals surface area contributed by atoms with Crippen LogP contribution in [0.2, 0.25) is 0 Å². The Morgan fingerprint density at radius 3 is 2.12 bits per heavy atom. The first kappa shape index (κ1) is 22.4. The van der Waals surface area contributed by atoms with Crippen molar-refractivity contribution in [1.29, 1.82) is 0 Å². The molecule has 0 spiro atoms. The highest BCUT2D eigenvalue weighted by atomic mass is 127. The first-order valence-corrected chi connectivity index (χ1v) is 9.98. The largest absolute Gasteiger partial charge is 0.352 e. The van der Waals surface area contributed by atoms with E-state index in [1.165, 1.54) is 17.4 Å². The topological polar surface area (TPSA) is 70.6 Å². The Balaban J connectivity index is 0.00000338. The van der Waals surface area contributed by atoms with Crippen molar-refractivity contribution in [1.82, 2.24) is 10.6 Å². The lowest BCUT2D eigenvalue weighted by atomic mass is 10.1. The van der Waals surface area contributed by atoms with E-state index in [2.05, 4.69) is 40.7 Å². The van der Waals surface area contributed by atoms with E-state index >= 15 is 0 Å². The maximum atomic E-state index is 11.7. The van der Waals surface area contributed by atoms with Crippen molar-refractivity contribution >= 4 is 39.8 Å². The van der Waals surface area contributed by atoms with Gasteiger partial charge in [0.25, 0.3) is 0 Å². The molecule has 2 aromatic carbocycles. The van der Waals surface area contributed by atoms with Gasteiger partial charge in [0.2, 0.25) is 0 Å². The van der Waals surface area contributed by atoms with Crippen molar-refractivity contribution < 1.29 is 8.42 Å². The Morgan fingerprint density at radius 1 is 1.00 bits per heavy atom. The van der Waals surface area contributed by atoms with Crippen molar-refractivity contribution in [2.45, 2.75) is 31.8 Å². The third kappa shape index (κ3) is 6.60. The molecular weight excluding hydrogens is 461 g/mol. The van der Waals surface area contributed by atoms with E-state index in [1.54, 1.807) is 13.1 Å². The molecule has 0 radical (unpaired) electrons. The number of hydrogen-bond donors (Lipinski definition) is 2. The summed E-state index contributed by atoms with van der Waals surface area (Å²) in [6.07, 6.45) is 1.23. The predicted molar refractivity (Wildman–Crippen MR) is 118 cm³/mol. The Bertz CT molecular complexity index is 880. The Hall–Kier alpha value is -1.61. The SMILES string of the molecule is CN=C(NCc1cccc(C)c1)NCc1ccc(S(C)(=O)=O)c(C)c1.I. The first-order chi connectivity index (χ1) is 11.8. The van der Waals surface area contributed by atoms with E-state index in [1.807, 2.05) is 25.1 Å². The third-order valence-electron chi connectivity index (χ3n) is 3.86. The van der Waals surface area contributed by atoms with E-state index in [0.717, 1.165) is 11.1 Å². The highest BCUT2D eigenvalue weighted by molar-refractivity contribution is 14.0. The number of hydrogen-bond acceptors (Lipinski definition) is 3. The quantitative estimate of drug-likeness (QED) is 0.386. The zero-order valence-electron chi connectivity index (χ0n) is 15.5. The van der Waals surface area contributed by atoms with Gasteiger partial charge in [-0.15, -0.1) is 24.0 Å². The van der Waals surface area contributed by atoms with Gasteiger partial charge in [-0.05, 0) is 36.6 Å². The molecule has 0 aliphatic heterocycles. The van der Waals surface area contributed by atoms with Crippen molar-refractivity contribution in [3.05, 3.63) is 64.7 Å². The molecular formula is C19H26IN3O2S. The van der Waals surface area contributed by atoms with E-state index in [0.29, 0.717) is 23.9 Å². The second kappa shape index (κ2) is 9.91. The van der Waals surface area contributed by atoms with E-state index < -0.39 is 9.84 Å². The van der Waals surface area contributed by atoms with Gasteiger partial charge in [0.05, 0.1) is 4.90 Å². The highest BCUT2D eigenvalue weighted by Crippen LogP contribution is 2.16. The molecule has 2 aromatic rings. The monoisotopic (exact) mass is 487 g/mol. The smallest absolute Gasteiger partial charge is 0.191 e. The lowest BCUT2D eigenvalue weighted by molar-refractivity contribution is 0.601. The number of rotatable bonds is 5. The molecule has 0 saturated carbocycles. The summed E-state index contributed by atoms with van der Waals surface area (Å²) in [6, 6.07) is 13.7. The minimum atomic E-state index is -3.19. The lowest BCUT2D eigenvalue weighted by Gasteiger charge is -2.13. The molecule has 5 nitrogen and oxygen atoms in total. The van der Waals surface area contributed by atoms with Gasteiger partial charge in [0, 0.05) is 26.4 Å². The van der Waals surface area contributed by atoms with Gasteiger partial charge < -0.3 is 10.6 Å². The van der Waals surface area contributed by atoms with Crippen LogP contribution in [0.4, 0.5) is 0 Å². The summed E-state index contributed by atoms with van der Waals surface area (Å²) in [6.45, 7) is 5.13. The van der Waals surface area contributed by atoms with Crippen molar-refractivity contribution in [2.24, 2.45) is 4.99 Å². The van der Waals surface area contributed by atoms with Crippen molar-refractivity contribution in [3.8, 4) is 0 Å². The number of aliphatic imine (C=N–C) groups is 1. The van der Waals surface area contributed by atoms with Gasteiger partial charge in [-0.1, -0.05) is 42.0 Å². The van der Waals surface area contributed by atoms with Crippen LogP contribution in [0, 0.1) is 13.8 Å². The molecule has 0 aliphatic carbocycles. The maximum Gasteiger partial charge on any atom is 0.191 e. The summed E-state index contributed by atoms with van der Waals surface area (Å²) in [7, 11) is -1.46. The maximum absolute atomic E-state index is 11.7. The number of halogens is 1. The molecule has 7 heteroatoms. The highest BCUT2D eigenvalue weighted by Gasteiger charge is 2.10. The summed E-state index contributed by atoms with van der Waals surface area (Å²) >= 11 is 0. The van der Waals surface area contributed by atoms with Gasteiger partial charge in [0.15, 0.2) is 15.8 Å². The molecule has 2 rings (SSSR count).